The van der Waals surface area contributed by atoms with Gasteiger partial charge in [-0.25, -0.2) is 0 Å². The maximum absolute atomic E-state index is 10.9. The van der Waals surface area contributed by atoms with Crippen LogP contribution in [-0.4, -0.2) is 21.9 Å². The molecule has 0 aliphatic carbocycles. The number of thioether (sulfide) groups is 1. The van der Waals surface area contributed by atoms with Gasteiger partial charge in [0.15, 0.2) is 11.5 Å². The van der Waals surface area contributed by atoms with Crippen LogP contribution in [0.5, 0.6) is 11.5 Å². The number of carbonyl (C=O) groups is 1. The summed E-state index contributed by atoms with van der Waals surface area (Å²) < 4.78 is 0. The average molecular weight is 304 g/mol. The summed E-state index contributed by atoms with van der Waals surface area (Å²) in [6, 6.07) is 12.3. The molecular formula is C15H16N2O3S. The minimum atomic E-state index is -0.363. The Labute approximate surface area is 126 Å². The second kappa shape index (κ2) is 6.90. The zero-order valence-electron chi connectivity index (χ0n) is 11.2. The lowest BCUT2D eigenvalue weighted by Gasteiger charge is -2.11. The van der Waals surface area contributed by atoms with Gasteiger partial charge in [-0.15, -0.1) is 11.8 Å². The molecule has 21 heavy (non-hydrogen) atoms. The molecule has 6 heteroatoms. The highest BCUT2D eigenvalue weighted by Crippen LogP contribution is 2.28. The first-order valence-corrected chi connectivity index (χ1v) is 7.29. The number of anilines is 1. The number of rotatable bonds is 6. The molecule has 2 rings (SSSR count). The van der Waals surface area contributed by atoms with E-state index in [0.717, 1.165) is 16.1 Å². The molecular weight excluding hydrogens is 288 g/mol. The van der Waals surface area contributed by atoms with Crippen molar-refractivity contribution >= 4 is 23.4 Å². The van der Waals surface area contributed by atoms with Gasteiger partial charge in [0.1, 0.15) is 0 Å². The minimum Gasteiger partial charge on any atom is -0.504 e. The highest BCUT2D eigenvalue weighted by atomic mass is 32.2. The number of primary amides is 1. The maximum Gasteiger partial charge on any atom is 0.227 e. The van der Waals surface area contributed by atoms with Crippen LogP contribution in [0.4, 0.5) is 5.69 Å². The Kier molecular flexibility index (Phi) is 4.94. The van der Waals surface area contributed by atoms with E-state index in [1.807, 2.05) is 24.3 Å². The van der Waals surface area contributed by atoms with E-state index < -0.39 is 0 Å². The molecule has 1 amide bonds. The molecule has 0 bridgehead atoms. The van der Waals surface area contributed by atoms with Crippen molar-refractivity contribution in [2.75, 3.05) is 11.1 Å². The van der Waals surface area contributed by atoms with Crippen LogP contribution in [0.2, 0.25) is 0 Å². The highest BCUT2D eigenvalue weighted by Gasteiger charge is 2.05. The number of phenols is 2. The number of carbonyl (C=O) groups excluding carboxylic acids is 1. The number of amides is 1. The second-order valence-electron chi connectivity index (χ2n) is 4.43. The number of phenolic OH excluding ortho intramolecular Hbond substituents is 2. The monoisotopic (exact) mass is 304 g/mol. The fraction of sp³-hybridized carbons (Fsp3) is 0.133. The summed E-state index contributed by atoms with van der Waals surface area (Å²) >= 11 is 1.37. The Morgan fingerprint density at radius 1 is 1.14 bits per heavy atom. The van der Waals surface area contributed by atoms with Crippen LogP contribution in [0.1, 0.15) is 5.56 Å². The molecule has 0 spiro atoms. The summed E-state index contributed by atoms with van der Waals surface area (Å²) in [5, 5.41) is 22.0. The average Bonchev–Trinajstić information content (AvgIpc) is 2.47. The van der Waals surface area contributed by atoms with Crippen LogP contribution in [0.25, 0.3) is 0 Å². The Hall–Kier alpha value is -2.34. The van der Waals surface area contributed by atoms with Crippen LogP contribution in [0.15, 0.2) is 47.4 Å². The third-order valence-corrected chi connectivity index (χ3v) is 3.88. The van der Waals surface area contributed by atoms with Crippen molar-refractivity contribution in [1.29, 1.82) is 0 Å². The van der Waals surface area contributed by atoms with E-state index >= 15 is 0 Å². The Morgan fingerprint density at radius 2 is 1.90 bits per heavy atom. The van der Waals surface area contributed by atoms with Crippen molar-refractivity contribution in [3.05, 3.63) is 48.0 Å². The predicted molar refractivity (Wildman–Crippen MR) is 83.5 cm³/mol. The van der Waals surface area contributed by atoms with Crippen LogP contribution < -0.4 is 11.1 Å². The van der Waals surface area contributed by atoms with Gasteiger partial charge < -0.3 is 21.3 Å². The number of hydrogen-bond acceptors (Lipinski definition) is 5. The van der Waals surface area contributed by atoms with E-state index in [1.165, 1.54) is 23.9 Å². The third-order valence-electron chi connectivity index (χ3n) is 2.78. The molecule has 2 aromatic carbocycles. The SMILES string of the molecule is NC(=O)CSc1ccccc1NCc1ccc(O)c(O)c1. The lowest BCUT2D eigenvalue weighted by Crippen LogP contribution is -2.13. The Morgan fingerprint density at radius 3 is 2.62 bits per heavy atom. The summed E-state index contributed by atoms with van der Waals surface area (Å²) in [6.07, 6.45) is 0. The molecule has 0 fully saturated rings. The van der Waals surface area contributed by atoms with Crippen molar-refractivity contribution in [2.24, 2.45) is 5.73 Å². The molecule has 0 radical (unpaired) electrons. The summed E-state index contributed by atoms with van der Waals surface area (Å²) in [7, 11) is 0. The summed E-state index contributed by atoms with van der Waals surface area (Å²) in [4.78, 5) is 11.8. The molecule has 0 aliphatic heterocycles. The molecule has 5 N–H and O–H groups in total. The van der Waals surface area contributed by atoms with E-state index in [2.05, 4.69) is 5.32 Å². The van der Waals surface area contributed by atoms with Crippen LogP contribution in [0, 0.1) is 0 Å². The van der Waals surface area contributed by atoms with Crippen LogP contribution in [-0.2, 0) is 11.3 Å². The zero-order valence-corrected chi connectivity index (χ0v) is 12.1. The molecule has 110 valence electrons. The van der Waals surface area contributed by atoms with Crippen molar-refractivity contribution in [3.8, 4) is 11.5 Å². The lowest BCUT2D eigenvalue weighted by molar-refractivity contribution is -0.115. The van der Waals surface area contributed by atoms with E-state index in [9.17, 15) is 15.0 Å². The summed E-state index contributed by atoms with van der Waals surface area (Å²) in [5.41, 5.74) is 6.87. The minimum absolute atomic E-state index is 0.142. The molecule has 0 aliphatic rings. The summed E-state index contributed by atoms with van der Waals surface area (Å²) in [5.74, 6) is -0.432. The van der Waals surface area contributed by atoms with Crippen molar-refractivity contribution in [1.82, 2.24) is 0 Å². The van der Waals surface area contributed by atoms with Crippen molar-refractivity contribution < 1.29 is 15.0 Å². The molecule has 0 unspecified atom stereocenters. The molecule has 0 aromatic heterocycles. The van der Waals surface area contributed by atoms with Gasteiger partial charge in [0.05, 0.1) is 5.75 Å². The molecule has 5 nitrogen and oxygen atoms in total. The standard InChI is InChI=1S/C15H16N2O3S/c16-15(20)9-21-14-4-2-1-3-11(14)17-8-10-5-6-12(18)13(19)7-10/h1-7,17-19H,8-9H2,(H2,16,20). The van der Waals surface area contributed by atoms with E-state index in [1.54, 1.807) is 6.07 Å². The number of nitrogens with one attached hydrogen (secondary N) is 1. The lowest BCUT2D eigenvalue weighted by atomic mass is 10.2. The number of para-hydroxylation sites is 1. The van der Waals surface area contributed by atoms with E-state index in [4.69, 9.17) is 5.73 Å². The van der Waals surface area contributed by atoms with E-state index in [-0.39, 0.29) is 23.2 Å². The molecule has 0 saturated carbocycles. The number of benzene rings is 2. The molecule has 2 aromatic rings. The number of hydrogen-bond donors (Lipinski definition) is 4. The Bertz CT molecular complexity index is 647. The number of nitrogens with two attached hydrogens (primary N) is 1. The maximum atomic E-state index is 10.9. The van der Waals surface area contributed by atoms with Crippen molar-refractivity contribution in [3.63, 3.8) is 0 Å². The van der Waals surface area contributed by atoms with Gasteiger partial charge in [-0.1, -0.05) is 18.2 Å². The van der Waals surface area contributed by atoms with Gasteiger partial charge in [0.2, 0.25) is 5.91 Å². The molecule has 0 atom stereocenters. The highest BCUT2D eigenvalue weighted by molar-refractivity contribution is 8.00. The molecule has 0 saturated heterocycles. The van der Waals surface area contributed by atoms with Crippen molar-refractivity contribution in [2.45, 2.75) is 11.4 Å². The number of aromatic hydroxyl groups is 2. The molecule has 0 heterocycles. The smallest absolute Gasteiger partial charge is 0.227 e. The predicted octanol–water partition coefficient (Wildman–Crippen LogP) is 2.29. The zero-order chi connectivity index (χ0) is 15.2. The van der Waals surface area contributed by atoms with E-state index in [0.29, 0.717) is 6.54 Å². The first kappa shape index (κ1) is 15.1. The van der Waals surface area contributed by atoms with Crippen LogP contribution >= 0.6 is 11.8 Å². The normalized spacial score (nSPS) is 10.3. The van der Waals surface area contributed by atoms with Gasteiger partial charge in [0.25, 0.3) is 0 Å². The first-order chi connectivity index (χ1) is 10.1. The van der Waals surface area contributed by atoms with Crippen LogP contribution in [0.3, 0.4) is 0 Å². The third kappa shape index (κ3) is 4.32. The van der Waals surface area contributed by atoms with Gasteiger partial charge in [-0.3, -0.25) is 4.79 Å². The summed E-state index contributed by atoms with van der Waals surface area (Å²) in [6.45, 7) is 0.488. The van der Waals surface area contributed by atoms with Gasteiger partial charge >= 0.3 is 0 Å². The quantitative estimate of drug-likeness (QED) is 0.485. The fourth-order valence-corrected chi connectivity index (χ4v) is 2.53. The van der Waals surface area contributed by atoms with Gasteiger partial charge in [-0.05, 0) is 29.8 Å². The first-order valence-electron chi connectivity index (χ1n) is 6.31. The fourth-order valence-electron chi connectivity index (χ4n) is 1.76. The largest absolute Gasteiger partial charge is 0.504 e. The Balaban J connectivity index is 2.05. The topological polar surface area (TPSA) is 95.6 Å². The van der Waals surface area contributed by atoms with Gasteiger partial charge in [-0.2, -0.15) is 0 Å². The van der Waals surface area contributed by atoms with Gasteiger partial charge in [0, 0.05) is 17.1 Å². The second-order valence-corrected chi connectivity index (χ2v) is 5.44.